The second-order valence-corrected chi connectivity index (χ2v) is 35.9. The quantitative estimate of drug-likeness (QED) is 0.109. The first-order chi connectivity index (χ1) is 49.6. The van der Waals surface area contributed by atoms with Gasteiger partial charge in [-0.1, -0.05) is 122 Å². The van der Waals surface area contributed by atoms with Gasteiger partial charge < -0.3 is 19.1 Å². The minimum Gasteiger partial charge on any atom is -0.425 e. The molecule has 0 fully saturated rings. The van der Waals surface area contributed by atoms with E-state index in [0.29, 0.717) is 77.4 Å². The molecule has 0 bridgehead atoms. The Labute approximate surface area is 673 Å². The molecule has 0 N–H and O–H groups in total. The molecule has 7 aromatic rings. The van der Waals surface area contributed by atoms with Crippen LogP contribution in [0.5, 0.6) is 0 Å². The van der Waals surface area contributed by atoms with Gasteiger partial charge in [0.1, 0.15) is 54.6 Å². The third-order valence-corrected chi connectivity index (χ3v) is 22.2. The normalized spacial score (nSPS) is 14.7. The van der Waals surface area contributed by atoms with E-state index >= 15 is 0 Å². The number of nitrogens with zero attached hydrogens (tertiary/aromatic N) is 22. The second-order valence-electron chi connectivity index (χ2n) is 29.0. The van der Waals surface area contributed by atoms with Gasteiger partial charge in [0.05, 0.1) is 46.2 Å². The summed E-state index contributed by atoms with van der Waals surface area (Å²) in [7, 11) is 8.13. The fraction of sp³-hybridized carbons (Fsp3) is 0.703. The largest absolute Gasteiger partial charge is 0.425 e. The third-order valence-electron chi connectivity index (χ3n) is 15.6. The van der Waals surface area contributed by atoms with E-state index in [2.05, 4.69) is 297 Å². The summed E-state index contributed by atoms with van der Waals surface area (Å²) in [4.78, 5) is 23.4. The van der Waals surface area contributed by atoms with Crippen molar-refractivity contribution >= 4 is 81.6 Å². The molecule has 4 aliphatic rings. The minimum atomic E-state index is 0.339. The van der Waals surface area contributed by atoms with Crippen molar-refractivity contribution < 1.29 is 18.7 Å². The smallest absolute Gasteiger partial charge is 0.219 e. The van der Waals surface area contributed by atoms with E-state index in [1.54, 1.807) is 35.4 Å². The van der Waals surface area contributed by atoms with Crippen molar-refractivity contribution in [2.45, 2.75) is 322 Å². The van der Waals surface area contributed by atoms with Crippen LogP contribution in [-0.4, -0.2) is 159 Å². The molecule has 33 heteroatoms. The van der Waals surface area contributed by atoms with Gasteiger partial charge in [-0.2, -0.15) is 26.3 Å². The molecule has 26 nitrogen and oxygen atoms in total. The molecule has 7 aromatic heterocycles. The second kappa shape index (κ2) is 48.9. The number of rotatable bonds is 11. The Balaban J connectivity index is 0.000000589. The first-order valence-corrected chi connectivity index (χ1v) is 42.1. The lowest BCUT2D eigenvalue weighted by Crippen LogP contribution is -2.38. The van der Waals surface area contributed by atoms with Crippen LogP contribution in [0.3, 0.4) is 0 Å². The summed E-state index contributed by atoms with van der Waals surface area (Å²) in [5.74, 6) is 8.49. The van der Waals surface area contributed by atoms with E-state index in [9.17, 15) is 0 Å². The van der Waals surface area contributed by atoms with Gasteiger partial charge in [0.15, 0.2) is 0 Å². The van der Waals surface area contributed by atoms with Crippen molar-refractivity contribution in [3.8, 4) is 0 Å². The highest BCUT2D eigenvalue weighted by Crippen LogP contribution is 2.37. The van der Waals surface area contributed by atoms with Crippen LogP contribution in [0.1, 0.15) is 326 Å². The SMILES string of the molecule is CC1=C(C)N(C(C)C)N(C)O1.CC1=C(C)N(C(C)C)N(C)S1.CC1=C(C)N(C)N(C(C)C)O1.CC1=C(C)N(C)N(C(C)C)S1.Cc1nc(C(C)C)ns1.Cc1nnc(C(C)C)o1.Cc1nnc(C(C)C)s1.Cc1nonc1C(C)C.Cc1nsc(C(C)C)n1.Cc1nsnc1C(C)C.Cc1snnc1C(C)C. The van der Waals surface area contributed by atoms with E-state index in [0.717, 1.165) is 71.7 Å². The van der Waals surface area contributed by atoms with Gasteiger partial charge in [-0.3, -0.25) is 15.0 Å². The molecule has 11 heterocycles. The van der Waals surface area contributed by atoms with Gasteiger partial charge in [0.25, 0.3) is 0 Å². The number of hydrogen-bond acceptors (Lipinski definition) is 33. The Bertz CT molecular complexity index is 3390. The standard InChI is InChI=1S/2C8H16N2O.2C8H16N2S.2C6H10N2O.5C6H10N2S/c1-6(2)10-7(3)8(4)11-9(10)5;1-6(2)10-9(5)7(3)8(4)11-10;1-6(2)10-7(3)8(4)11-9(10)5;1-6(2)10-9(5)7(3)8(4)11-10;1-4(2)6-8-7-5(3)9-6;1-4(2)6-5(3)7-9-8-6;1-4(2)6-8-7-5(3)9-6;1-4(2)6-7-5(3)9-8-6;1-4(2)6-7-5(3)8-9-6;1-4(2)6-5(3)9-8-7-6;1-4(2)6-5(3)7-9-8-6/h4*6H,1-5H3;7*4H,1-3H3. The summed E-state index contributed by atoms with van der Waals surface area (Å²) >= 11 is 11.0. The highest BCUT2D eigenvalue weighted by atomic mass is 32.2. The van der Waals surface area contributed by atoms with Crippen LogP contribution < -0.4 is 0 Å². The molecule has 0 unspecified atom stereocenters. The summed E-state index contributed by atoms with van der Waals surface area (Å²) in [6, 6.07) is 1.96. The van der Waals surface area contributed by atoms with Crippen LogP contribution in [0.25, 0.3) is 0 Å². The van der Waals surface area contributed by atoms with Gasteiger partial charge in [0.2, 0.25) is 11.8 Å². The van der Waals surface area contributed by atoms with Crippen LogP contribution in [0.2, 0.25) is 0 Å². The predicted molar refractivity (Wildman–Crippen MR) is 450 cm³/mol. The summed E-state index contributed by atoms with van der Waals surface area (Å²) in [5, 5.41) is 43.5. The monoisotopic (exact) mass is 1620 g/mol. The summed E-state index contributed by atoms with van der Waals surface area (Å²) in [6.07, 6.45) is 0. The Morgan fingerprint density at radius 3 is 1.16 bits per heavy atom. The number of hydrogen-bond donors (Lipinski definition) is 0. The minimum absolute atomic E-state index is 0.339. The molecule has 606 valence electrons. The maximum absolute atomic E-state index is 5.49. The van der Waals surface area contributed by atoms with E-state index < -0.39 is 0 Å². The molecule has 0 atom stereocenters. The van der Waals surface area contributed by atoms with Crippen molar-refractivity contribution in [1.29, 1.82) is 0 Å². The Kier molecular flexibility index (Phi) is 45.4. The van der Waals surface area contributed by atoms with Crippen LogP contribution >= 0.6 is 81.6 Å². The first kappa shape index (κ1) is 99.4. The highest BCUT2D eigenvalue weighted by Gasteiger charge is 2.29. The average molecular weight is 1620 g/mol. The lowest BCUT2D eigenvalue weighted by molar-refractivity contribution is -0.226. The zero-order chi connectivity index (χ0) is 82.3. The molecular weight excluding hydrogens is 1490 g/mol. The third kappa shape index (κ3) is 34.3. The molecule has 0 spiro atoms. The number of aryl methyl sites for hydroxylation is 7. The van der Waals surface area contributed by atoms with E-state index in [1.165, 1.54) is 83.8 Å². The van der Waals surface area contributed by atoms with Crippen molar-refractivity contribution in [1.82, 2.24) is 107 Å². The van der Waals surface area contributed by atoms with E-state index in [1.807, 2.05) is 98.5 Å². The van der Waals surface area contributed by atoms with Gasteiger partial charge >= 0.3 is 0 Å². The fourth-order valence-electron chi connectivity index (χ4n) is 9.45. The molecular formula is C74H134N22O4S7. The number of hydroxylamine groups is 2. The fourth-order valence-corrected chi connectivity index (χ4v) is 14.7. The van der Waals surface area contributed by atoms with Gasteiger partial charge in [0, 0.05) is 109 Å². The molecule has 0 saturated carbocycles. The Hall–Kier alpha value is -5.62. The van der Waals surface area contributed by atoms with Crippen molar-refractivity contribution in [2.24, 2.45) is 0 Å². The van der Waals surface area contributed by atoms with Crippen molar-refractivity contribution in [3.63, 3.8) is 0 Å². The van der Waals surface area contributed by atoms with Crippen LogP contribution in [-0.2, 0) is 9.68 Å². The van der Waals surface area contributed by atoms with Crippen molar-refractivity contribution in [3.05, 3.63) is 121 Å². The first-order valence-electron chi connectivity index (χ1n) is 36.7. The highest BCUT2D eigenvalue weighted by molar-refractivity contribution is 8.01. The number of allylic oxidation sites excluding steroid dienone is 8. The zero-order valence-electron chi connectivity index (χ0n) is 72.7. The number of aromatic nitrogens is 14. The lowest BCUT2D eigenvalue weighted by Gasteiger charge is -2.30. The predicted octanol–water partition coefficient (Wildman–Crippen LogP) is 21.2. The topological polar surface area (TPSA) is 251 Å². The number of hydrazine groups is 4. The molecule has 0 amide bonds. The molecule has 107 heavy (non-hydrogen) atoms. The maximum Gasteiger partial charge on any atom is 0.219 e. The molecule has 0 saturated heterocycles. The Morgan fingerprint density at radius 1 is 0.393 bits per heavy atom. The summed E-state index contributed by atoms with van der Waals surface area (Å²) in [5.41, 5.74) is 10.3. The molecule has 0 aromatic carbocycles. The summed E-state index contributed by atoms with van der Waals surface area (Å²) in [6.45, 7) is 77.0. The van der Waals surface area contributed by atoms with E-state index in [4.69, 9.17) is 14.1 Å². The van der Waals surface area contributed by atoms with Crippen LogP contribution in [0, 0.1) is 48.5 Å². The summed E-state index contributed by atoms with van der Waals surface area (Å²) < 4.78 is 34.4. The van der Waals surface area contributed by atoms with Gasteiger partial charge in [-0.25, -0.2) is 14.6 Å². The molecule has 11 rings (SSSR count). The average Bonchev–Trinajstić information content (AvgIpc) is 1.70. The maximum atomic E-state index is 5.49. The van der Waals surface area contributed by atoms with Crippen LogP contribution in [0.15, 0.2) is 53.2 Å². The lowest BCUT2D eigenvalue weighted by atomic mass is 10.1. The molecule has 0 radical (unpaired) electrons. The Morgan fingerprint density at radius 2 is 0.953 bits per heavy atom. The zero-order valence-corrected chi connectivity index (χ0v) is 78.4. The van der Waals surface area contributed by atoms with Gasteiger partial charge in [-0.05, 0) is 223 Å². The molecule has 4 aliphatic heterocycles. The van der Waals surface area contributed by atoms with Gasteiger partial charge in [-0.15, -0.1) is 36.8 Å². The molecule has 0 aliphatic carbocycles. The van der Waals surface area contributed by atoms with E-state index in [-0.39, 0.29) is 0 Å². The van der Waals surface area contributed by atoms with Crippen LogP contribution in [0.4, 0.5) is 0 Å². The van der Waals surface area contributed by atoms with Crippen molar-refractivity contribution in [2.75, 3.05) is 28.2 Å².